The molecular weight excluding hydrogens is 323 g/mol. The number of hydrogen-bond donors (Lipinski definition) is 2. The Balaban J connectivity index is 0.00000180. The van der Waals surface area contributed by atoms with Gasteiger partial charge in [-0.25, -0.2) is 4.98 Å². The van der Waals surface area contributed by atoms with Crippen molar-refractivity contribution in [2.24, 2.45) is 5.73 Å². The molecule has 1 aromatic heterocycles. The molecule has 1 saturated heterocycles. The molecule has 1 aromatic rings. The van der Waals surface area contributed by atoms with Crippen LogP contribution in [0.3, 0.4) is 0 Å². The van der Waals surface area contributed by atoms with E-state index in [0.29, 0.717) is 5.13 Å². The number of morpholine rings is 1. The van der Waals surface area contributed by atoms with E-state index in [1.807, 2.05) is 5.38 Å². The van der Waals surface area contributed by atoms with E-state index in [1.54, 1.807) is 6.92 Å². The lowest BCUT2D eigenvalue weighted by molar-refractivity contribution is -0.117. The molecule has 1 amide bonds. The van der Waals surface area contributed by atoms with Gasteiger partial charge >= 0.3 is 0 Å². The molecule has 3 N–H and O–H groups in total. The van der Waals surface area contributed by atoms with Gasteiger partial charge in [-0.2, -0.15) is 0 Å². The molecule has 0 aromatic carbocycles. The number of carbonyl (C=O) groups excluding carboxylic acids is 1. The lowest BCUT2D eigenvalue weighted by Gasteiger charge is -2.25. The van der Waals surface area contributed by atoms with Crippen LogP contribution in [0, 0.1) is 0 Å². The van der Waals surface area contributed by atoms with Gasteiger partial charge in [0.15, 0.2) is 5.13 Å². The summed E-state index contributed by atoms with van der Waals surface area (Å²) in [5, 5.41) is 5.28. The molecule has 20 heavy (non-hydrogen) atoms. The Bertz CT molecular complexity index is 411. The number of anilines is 1. The largest absolute Gasteiger partial charge is 0.379 e. The van der Waals surface area contributed by atoms with Crippen molar-refractivity contribution in [1.82, 2.24) is 9.88 Å². The SMILES string of the molecule is C[C@@H](N)C(=O)Nc1nc(CN2CCOCC2)cs1.Cl.Cl. The van der Waals surface area contributed by atoms with E-state index in [2.05, 4.69) is 15.2 Å². The van der Waals surface area contributed by atoms with Gasteiger partial charge in [0.1, 0.15) is 0 Å². The number of nitrogens with two attached hydrogens (primary N) is 1. The highest BCUT2D eigenvalue weighted by Gasteiger charge is 2.14. The van der Waals surface area contributed by atoms with E-state index in [4.69, 9.17) is 10.5 Å². The number of amides is 1. The van der Waals surface area contributed by atoms with Gasteiger partial charge in [0, 0.05) is 25.0 Å². The molecule has 0 unspecified atom stereocenters. The Kier molecular flexibility index (Phi) is 9.28. The Morgan fingerprint density at radius 1 is 1.55 bits per heavy atom. The summed E-state index contributed by atoms with van der Waals surface area (Å²) in [5.74, 6) is -0.206. The van der Waals surface area contributed by atoms with Crippen LogP contribution in [0.2, 0.25) is 0 Å². The van der Waals surface area contributed by atoms with E-state index >= 15 is 0 Å². The molecule has 2 rings (SSSR count). The van der Waals surface area contributed by atoms with Gasteiger partial charge in [-0.1, -0.05) is 0 Å². The summed E-state index contributed by atoms with van der Waals surface area (Å²) >= 11 is 1.43. The third kappa shape index (κ3) is 5.90. The number of carbonyl (C=O) groups is 1. The maximum atomic E-state index is 11.4. The fourth-order valence-electron chi connectivity index (χ4n) is 1.64. The molecule has 116 valence electrons. The van der Waals surface area contributed by atoms with Crippen molar-refractivity contribution in [3.63, 3.8) is 0 Å². The summed E-state index contributed by atoms with van der Waals surface area (Å²) in [7, 11) is 0. The van der Waals surface area contributed by atoms with Crippen LogP contribution < -0.4 is 11.1 Å². The summed E-state index contributed by atoms with van der Waals surface area (Å²) in [6.07, 6.45) is 0. The second-order valence-electron chi connectivity index (χ2n) is 4.31. The summed E-state index contributed by atoms with van der Waals surface area (Å²) in [5.41, 5.74) is 6.46. The first kappa shape index (κ1) is 19.6. The highest BCUT2D eigenvalue weighted by atomic mass is 35.5. The standard InChI is InChI=1S/C11H18N4O2S.2ClH/c1-8(12)10(16)14-11-13-9(7-18-11)6-15-2-4-17-5-3-15;;/h7-8H,2-6,12H2,1H3,(H,13,14,16);2*1H/t8-;;/m1../s1. The Morgan fingerprint density at radius 2 is 2.20 bits per heavy atom. The number of nitrogens with one attached hydrogen (secondary N) is 1. The van der Waals surface area contributed by atoms with Crippen LogP contribution >= 0.6 is 36.2 Å². The van der Waals surface area contributed by atoms with Gasteiger partial charge in [0.2, 0.25) is 5.91 Å². The predicted molar refractivity (Wildman–Crippen MR) is 85.0 cm³/mol. The maximum absolute atomic E-state index is 11.4. The highest BCUT2D eigenvalue weighted by molar-refractivity contribution is 7.13. The van der Waals surface area contributed by atoms with Crippen LogP contribution in [0.4, 0.5) is 5.13 Å². The second kappa shape index (κ2) is 9.49. The number of thiazole rings is 1. The van der Waals surface area contributed by atoms with Crippen LogP contribution in [0.1, 0.15) is 12.6 Å². The zero-order valence-electron chi connectivity index (χ0n) is 11.2. The van der Waals surface area contributed by atoms with Gasteiger partial charge in [-0.05, 0) is 6.92 Å². The number of halogens is 2. The first-order chi connectivity index (χ1) is 8.65. The number of aromatic nitrogens is 1. The van der Waals surface area contributed by atoms with Crippen LogP contribution in [0.25, 0.3) is 0 Å². The fourth-order valence-corrected chi connectivity index (χ4v) is 2.35. The topological polar surface area (TPSA) is 80.5 Å². The molecule has 1 atom stereocenters. The monoisotopic (exact) mass is 342 g/mol. The van der Waals surface area contributed by atoms with Crippen molar-refractivity contribution in [2.75, 3.05) is 31.6 Å². The first-order valence-electron chi connectivity index (χ1n) is 5.96. The Hall–Kier alpha value is -0.440. The van der Waals surface area contributed by atoms with Crippen molar-refractivity contribution >= 4 is 47.2 Å². The summed E-state index contributed by atoms with van der Waals surface area (Å²) in [4.78, 5) is 18.1. The molecule has 6 nitrogen and oxygen atoms in total. The first-order valence-corrected chi connectivity index (χ1v) is 6.84. The maximum Gasteiger partial charge on any atom is 0.242 e. The van der Waals surface area contributed by atoms with E-state index < -0.39 is 6.04 Å². The van der Waals surface area contributed by atoms with E-state index in [1.165, 1.54) is 11.3 Å². The molecule has 0 radical (unpaired) electrons. The number of rotatable bonds is 4. The van der Waals surface area contributed by atoms with Gasteiger partial charge in [0.25, 0.3) is 0 Å². The van der Waals surface area contributed by atoms with Gasteiger partial charge in [0.05, 0.1) is 24.9 Å². The van der Waals surface area contributed by atoms with Gasteiger partial charge < -0.3 is 15.8 Å². The van der Waals surface area contributed by atoms with E-state index in [0.717, 1.165) is 38.5 Å². The van der Waals surface area contributed by atoms with Crippen molar-refractivity contribution in [3.05, 3.63) is 11.1 Å². The minimum atomic E-state index is -0.517. The molecule has 0 spiro atoms. The number of hydrogen-bond acceptors (Lipinski definition) is 6. The summed E-state index contributed by atoms with van der Waals surface area (Å²) in [6.45, 7) is 5.86. The molecular formula is C11H20Cl2N4O2S. The molecule has 9 heteroatoms. The van der Waals surface area contributed by atoms with Crippen molar-refractivity contribution in [2.45, 2.75) is 19.5 Å². The van der Waals surface area contributed by atoms with Gasteiger partial charge in [-0.3, -0.25) is 9.69 Å². The molecule has 2 heterocycles. The molecule has 0 bridgehead atoms. The molecule has 1 aliphatic heterocycles. The van der Waals surface area contributed by atoms with Gasteiger partial charge in [-0.15, -0.1) is 36.2 Å². The Labute approximate surface area is 134 Å². The highest BCUT2D eigenvalue weighted by Crippen LogP contribution is 2.17. The fraction of sp³-hybridized carbons (Fsp3) is 0.636. The predicted octanol–water partition coefficient (Wildman–Crippen LogP) is 1.10. The second-order valence-corrected chi connectivity index (χ2v) is 5.17. The summed E-state index contributed by atoms with van der Waals surface area (Å²) in [6, 6.07) is -0.517. The van der Waals surface area contributed by atoms with Crippen molar-refractivity contribution < 1.29 is 9.53 Å². The third-order valence-corrected chi connectivity index (χ3v) is 3.49. The zero-order chi connectivity index (χ0) is 13.0. The average molecular weight is 343 g/mol. The minimum Gasteiger partial charge on any atom is -0.379 e. The quantitative estimate of drug-likeness (QED) is 0.856. The minimum absolute atomic E-state index is 0. The number of ether oxygens (including phenoxy) is 1. The van der Waals surface area contributed by atoms with E-state index in [-0.39, 0.29) is 30.7 Å². The zero-order valence-corrected chi connectivity index (χ0v) is 13.7. The van der Waals surface area contributed by atoms with Crippen LogP contribution in [-0.4, -0.2) is 48.1 Å². The van der Waals surface area contributed by atoms with Crippen LogP contribution in [0.15, 0.2) is 5.38 Å². The van der Waals surface area contributed by atoms with Crippen molar-refractivity contribution in [1.29, 1.82) is 0 Å². The lowest BCUT2D eigenvalue weighted by atomic mass is 10.3. The van der Waals surface area contributed by atoms with E-state index in [9.17, 15) is 4.79 Å². The third-order valence-electron chi connectivity index (χ3n) is 2.68. The molecule has 1 fully saturated rings. The molecule has 1 aliphatic rings. The Morgan fingerprint density at radius 3 is 2.80 bits per heavy atom. The number of nitrogens with zero attached hydrogens (tertiary/aromatic N) is 2. The molecule has 0 aliphatic carbocycles. The molecule has 0 saturated carbocycles. The van der Waals surface area contributed by atoms with Crippen LogP contribution in [-0.2, 0) is 16.1 Å². The summed E-state index contributed by atoms with van der Waals surface area (Å²) < 4.78 is 5.29. The van der Waals surface area contributed by atoms with Crippen molar-refractivity contribution in [3.8, 4) is 0 Å². The normalized spacial score (nSPS) is 16.7. The smallest absolute Gasteiger partial charge is 0.242 e. The average Bonchev–Trinajstić information content (AvgIpc) is 2.77. The lowest BCUT2D eigenvalue weighted by Crippen LogP contribution is -2.35. The van der Waals surface area contributed by atoms with Crippen LogP contribution in [0.5, 0.6) is 0 Å².